The first-order valence-electron chi connectivity index (χ1n) is 9.92. The lowest BCUT2D eigenvalue weighted by atomic mass is 10.1. The van der Waals surface area contributed by atoms with Gasteiger partial charge >= 0.3 is 0 Å². The summed E-state index contributed by atoms with van der Waals surface area (Å²) in [5, 5.41) is 12.4. The number of halogens is 1. The molecule has 0 radical (unpaired) electrons. The smallest absolute Gasteiger partial charge is 0.262 e. The molecule has 31 heavy (non-hydrogen) atoms. The first-order chi connectivity index (χ1) is 15.0. The fourth-order valence-corrected chi connectivity index (χ4v) is 3.80. The van der Waals surface area contributed by atoms with Crippen LogP contribution in [0.5, 0.6) is 5.75 Å². The molecule has 0 aliphatic carbocycles. The molecule has 0 aliphatic heterocycles. The normalized spacial score (nSPS) is 12.0. The Bertz CT molecular complexity index is 1130. The van der Waals surface area contributed by atoms with Gasteiger partial charge in [-0.3, -0.25) is 4.79 Å². The van der Waals surface area contributed by atoms with Crippen molar-refractivity contribution in [3.8, 4) is 11.8 Å². The Kier molecular flexibility index (Phi) is 7.85. The van der Waals surface area contributed by atoms with Crippen molar-refractivity contribution in [1.29, 1.82) is 5.26 Å². The molecule has 1 amide bonds. The predicted molar refractivity (Wildman–Crippen MR) is 131 cm³/mol. The summed E-state index contributed by atoms with van der Waals surface area (Å²) in [5.74, 6) is 0.369. The zero-order chi connectivity index (χ0) is 22.2. The van der Waals surface area contributed by atoms with Crippen LogP contribution in [0.2, 0.25) is 0 Å². The highest BCUT2D eigenvalue weighted by Crippen LogP contribution is 2.24. The van der Waals surface area contributed by atoms with Crippen molar-refractivity contribution in [1.82, 2.24) is 5.32 Å². The molecule has 3 rings (SSSR count). The molecule has 0 aliphatic rings. The lowest BCUT2D eigenvalue weighted by molar-refractivity contribution is -0.117. The van der Waals surface area contributed by atoms with Crippen LogP contribution >= 0.6 is 22.6 Å². The van der Waals surface area contributed by atoms with E-state index in [1.807, 2.05) is 73.7 Å². The van der Waals surface area contributed by atoms with Crippen LogP contribution in [0.1, 0.15) is 35.2 Å². The van der Waals surface area contributed by atoms with Gasteiger partial charge in [0.05, 0.1) is 9.61 Å². The molecule has 156 valence electrons. The molecule has 0 saturated heterocycles. The minimum Gasteiger partial charge on any atom is -0.488 e. The minimum absolute atomic E-state index is 0.0620. The van der Waals surface area contributed by atoms with E-state index in [0.717, 1.165) is 26.0 Å². The van der Waals surface area contributed by atoms with Gasteiger partial charge in [-0.2, -0.15) is 5.26 Å². The molecule has 3 aromatic rings. The Balaban J connectivity index is 1.68. The highest BCUT2D eigenvalue weighted by atomic mass is 127. The fourth-order valence-electron chi connectivity index (χ4n) is 3.10. The second-order valence-electron chi connectivity index (χ2n) is 7.24. The number of carbonyl (C=O) groups excluding carboxylic acids is 1. The van der Waals surface area contributed by atoms with Crippen molar-refractivity contribution in [2.75, 3.05) is 0 Å². The Labute approximate surface area is 196 Å². The number of rotatable bonds is 7. The van der Waals surface area contributed by atoms with E-state index in [-0.39, 0.29) is 11.6 Å². The topological polar surface area (TPSA) is 62.1 Å². The third-order valence-electron chi connectivity index (χ3n) is 4.76. The summed E-state index contributed by atoms with van der Waals surface area (Å²) in [7, 11) is 0. The van der Waals surface area contributed by atoms with Crippen LogP contribution < -0.4 is 10.1 Å². The van der Waals surface area contributed by atoms with E-state index in [0.29, 0.717) is 6.61 Å². The van der Waals surface area contributed by atoms with Gasteiger partial charge in [-0.25, -0.2) is 0 Å². The summed E-state index contributed by atoms with van der Waals surface area (Å²) >= 11 is 2.20. The summed E-state index contributed by atoms with van der Waals surface area (Å²) in [4.78, 5) is 12.6. The zero-order valence-electron chi connectivity index (χ0n) is 17.4. The van der Waals surface area contributed by atoms with Crippen molar-refractivity contribution in [3.05, 3.63) is 104 Å². The van der Waals surface area contributed by atoms with E-state index in [1.54, 1.807) is 6.08 Å². The highest BCUT2D eigenvalue weighted by molar-refractivity contribution is 14.1. The molecule has 0 bridgehead atoms. The number of nitrogens with one attached hydrogen (secondary N) is 1. The van der Waals surface area contributed by atoms with Crippen molar-refractivity contribution < 1.29 is 9.53 Å². The van der Waals surface area contributed by atoms with E-state index >= 15 is 0 Å². The monoisotopic (exact) mass is 522 g/mol. The summed E-state index contributed by atoms with van der Waals surface area (Å²) < 4.78 is 6.85. The van der Waals surface area contributed by atoms with E-state index in [4.69, 9.17) is 4.74 Å². The van der Waals surface area contributed by atoms with Crippen molar-refractivity contribution in [3.63, 3.8) is 0 Å². The largest absolute Gasteiger partial charge is 0.488 e. The fraction of sp³-hybridized carbons (Fsp3) is 0.154. The number of carbonyl (C=O) groups is 1. The second kappa shape index (κ2) is 10.8. The lowest BCUT2D eigenvalue weighted by Gasteiger charge is -2.14. The molecule has 1 atom stereocenters. The van der Waals surface area contributed by atoms with Crippen molar-refractivity contribution >= 4 is 34.6 Å². The average Bonchev–Trinajstić information content (AvgIpc) is 2.77. The van der Waals surface area contributed by atoms with Crippen LogP contribution in [0.25, 0.3) is 6.08 Å². The first-order valence-corrected chi connectivity index (χ1v) is 11.0. The summed E-state index contributed by atoms with van der Waals surface area (Å²) in [6.07, 6.45) is 1.60. The minimum atomic E-state index is -0.395. The number of hydrogen-bond donors (Lipinski definition) is 1. The molecule has 4 nitrogen and oxygen atoms in total. The Morgan fingerprint density at radius 3 is 2.58 bits per heavy atom. The van der Waals surface area contributed by atoms with Crippen LogP contribution in [0.15, 0.2) is 78.4 Å². The SMILES string of the molecule is Cc1cccc(COc2ccc(/C=C(/C#N)C(=O)N[C@@H](C)c3ccccc3)cc2I)c1. The van der Waals surface area contributed by atoms with Crippen LogP contribution in [0.3, 0.4) is 0 Å². The van der Waals surface area contributed by atoms with Gasteiger partial charge in [0.1, 0.15) is 24.0 Å². The third kappa shape index (κ3) is 6.43. The Hall–Kier alpha value is -3.11. The number of hydrogen-bond acceptors (Lipinski definition) is 3. The number of amides is 1. The van der Waals surface area contributed by atoms with Crippen molar-refractivity contribution in [2.24, 2.45) is 0 Å². The van der Waals surface area contributed by atoms with E-state index in [9.17, 15) is 10.1 Å². The number of benzene rings is 3. The van der Waals surface area contributed by atoms with Crippen LogP contribution in [-0.4, -0.2) is 5.91 Å². The lowest BCUT2D eigenvalue weighted by Crippen LogP contribution is -2.27. The molecular weight excluding hydrogens is 499 g/mol. The molecule has 0 unspecified atom stereocenters. The quantitative estimate of drug-likeness (QED) is 0.237. The van der Waals surface area contributed by atoms with E-state index in [2.05, 4.69) is 47.0 Å². The Morgan fingerprint density at radius 2 is 1.90 bits per heavy atom. The first kappa shape index (κ1) is 22.6. The molecule has 0 aromatic heterocycles. The molecule has 3 aromatic carbocycles. The number of aryl methyl sites for hydroxylation is 1. The van der Waals surface area contributed by atoms with Crippen LogP contribution in [0.4, 0.5) is 0 Å². The molecular formula is C26H23IN2O2. The molecule has 5 heteroatoms. The van der Waals surface area contributed by atoms with Gasteiger partial charge in [0, 0.05) is 0 Å². The Morgan fingerprint density at radius 1 is 1.13 bits per heavy atom. The predicted octanol–water partition coefficient (Wildman–Crippen LogP) is 5.96. The average molecular weight is 522 g/mol. The maximum atomic E-state index is 12.6. The summed E-state index contributed by atoms with van der Waals surface area (Å²) in [6.45, 7) is 4.43. The number of ether oxygens (including phenoxy) is 1. The molecule has 1 N–H and O–H groups in total. The van der Waals surface area contributed by atoms with Gasteiger partial charge in [-0.15, -0.1) is 0 Å². The molecule has 0 spiro atoms. The van der Waals surface area contributed by atoms with Crippen LogP contribution in [0, 0.1) is 21.8 Å². The van der Waals surface area contributed by atoms with Crippen molar-refractivity contribution in [2.45, 2.75) is 26.5 Å². The van der Waals surface area contributed by atoms with Crippen LogP contribution in [-0.2, 0) is 11.4 Å². The van der Waals surface area contributed by atoms with Gasteiger partial charge in [0.2, 0.25) is 0 Å². The maximum Gasteiger partial charge on any atom is 0.262 e. The maximum absolute atomic E-state index is 12.6. The van der Waals surface area contributed by atoms with Gasteiger partial charge in [0.25, 0.3) is 5.91 Å². The summed E-state index contributed by atoms with van der Waals surface area (Å²) in [6, 6.07) is 25.3. The highest BCUT2D eigenvalue weighted by Gasteiger charge is 2.14. The number of nitrogens with zero attached hydrogens (tertiary/aromatic N) is 1. The van der Waals surface area contributed by atoms with Gasteiger partial charge < -0.3 is 10.1 Å². The second-order valence-corrected chi connectivity index (χ2v) is 8.41. The van der Waals surface area contributed by atoms with Gasteiger partial charge in [0.15, 0.2) is 0 Å². The standard InChI is InChI=1S/C26H23IN2O2/c1-18-7-6-8-21(13-18)17-31-25-12-11-20(15-24(25)27)14-23(16-28)26(30)29-19(2)22-9-4-3-5-10-22/h3-15,19H,17H2,1-2H3,(H,29,30)/b23-14-/t19-/m0/s1. The summed E-state index contributed by atoms with van der Waals surface area (Å²) in [5.41, 5.74) is 4.12. The van der Waals surface area contributed by atoms with E-state index in [1.165, 1.54) is 5.56 Å². The van der Waals surface area contributed by atoms with Gasteiger partial charge in [-0.05, 0) is 71.3 Å². The zero-order valence-corrected chi connectivity index (χ0v) is 19.6. The molecule has 0 fully saturated rings. The number of nitriles is 1. The molecule has 0 heterocycles. The third-order valence-corrected chi connectivity index (χ3v) is 5.60. The molecule has 0 saturated carbocycles. The van der Waals surface area contributed by atoms with Gasteiger partial charge in [-0.1, -0.05) is 66.2 Å². The van der Waals surface area contributed by atoms with E-state index < -0.39 is 5.91 Å².